The van der Waals surface area contributed by atoms with Gasteiger partial charge in [-0.25, -0.2) is 0 Å². The molecule has 188 valence electrons. The van der Waals surface area contributed by atoms with Crippen molar-refractivity contribution < 1.29 is 0 Å². The zero-order valence-corrected chi connectivity index (χ0v) is 24.6. The predicted octanol–water partition coefficient (Wildman–Crippen LogP) is 10.5. The van der Waals surface area contributed by atoms with E-state index in [9.17, 15) is 0 Å². The molecule has 0 amide bonds. The molecule has 0 aliphatic heterocycles. The lowest BCUT2D eigenvalue weighted by Gasteiger charge is -2.28. The fourth-order valence-electron chi connectivity index (χ4n) is 5.15. The van der Waals surface area contributed by atoms with Gasteiger partial charge in [0.05, 0.1) is 0 Å². The van der Waals surface area contributed by atoms with Crippen LogP contribution in [-0.2, 0) is 21.7 Å². The van der Waals surface area contributed by atoms with Crippen LogP contribution in [-0.4, -0.2) is 0 Å². The highest BCUT2D eigenvalue weighted by molar-refractivity contribution is 6.07. The molecule has 0 bridgehead atoms. The highest BCUT2D eigenvalue weighted by atomic mass is 14.3. The van der Waals surface area contributed by atoms with Crippen molar-refractivity contribution in [2.75, 3.05) is 0 Å². The Kier molecular flexibility index (Phi) is 6.23. The fourth-order valence-corrected chi connectivity index (χ4v) is 5.15. The van der Waals surface area contributed by atoms with Crippen LogP contribution in [0.25, 0.3) is 32.7 Å². The number of fused-ring (bicyclic) bond motifs is 2. The molecule has 36 heavy (non-hydrogen) atoms. The second-order valence-corrected chi connectivity index (χ2v) is 14.6. The molecule has 0 aliphatic carbocycles. The molecule has 4 aromatic carbocycles. The van der Waals surface area contributed by atoms with Gasteiger partial charge >= 0.3 is 0 Å². The number of rotatable bonds is 1. The summed E-state index contributed by atoms with van der Waals surface area (Å²) in [6.45, 7) is 27.6. The van der Waals surface area contributed by atoms with Gasteiger partial charge in [0.25, 0.3) is 0 Å². The second-order valence-electron chi connectivity index (χ2n) is 14.6. The SMILES string of the molecule is CC(C)(C)c1[c]c(-c2[c]c(C(C)(C)C)cc3c(C(C)(C)C)cccc23)c2cccc(C(C)(C)C)c2c1. The minimum atomic E-state index is -0.0120. The summed E-state index contributed by atoms with van der Waals surface area (Å²) in [5.74, 6) is 0. The van der Waals surface area contributed by atoms with Gasteiger partial charge in [-0.05, 0) is 101 Å². The minimum absolute atomic E-state index is 0.0120. The molecule has 2 radical (unpaired) electrons. The Bertz CT molecular complexity index is 1320. The van der Waals surface area contributed by atoms with Gasteiger partial charge in [0.2, 0.25) is 0 Å². The van der Waals surface area contributed by atoms with Crippen LogP contribution in [0.4, 0.5) is 0 Å². The smallest absolute Gasteiger partial charge is 0.00108 e. The summed E-state index contributed by atoms with van der Waals surface area (Å²) < 4.78 is 0. The maximum atomic E-state index is 3.92. The molecule has 0 saturated heterocycles. The van der Waals surface area contributed by atoms with Gasteiger partial charge in [0.1, 0.15) is 0 Å². The normalized spacial score (nSPS) is 13.6. The molecule has 0 atom stereocenters. The third kappa shape index (κ3) is 4.84. The average Bonchev–Trinajstić information content (AvgIpc) is 2.74. The van der Waals surface area contributed by atoms with E-state index in [2.05, 4.69) is 144 Å². The zero-order chi connectivity index (χ0) is 26.8. The van der Waals surface area contributed by atoms with Crippen LogP contribution in [0.1, 0.15) is 105 Å². The Labute approximate surface area is 220 Å². The summed E-state index contributed by atoms with van der Waals surface area (Å²) in [6.07, 6.45) is 0. The van der Waals surface area contributed by atoms with Gasteiger partial charge in [-0.15, -0.1) is 0 Å². The largest absolute Gasteiger partial charge is 0.0613 e. The van der Waals surface area contributed by atoms with Crippen molar-refractivity contribution in [3.8, 4) is 11.1 Å². The summed E-state index contributed by atoms with van der Waals surface area (Å²) >= 11 is 0. The van der Waals surface area contributed by atoms with E-state index in [4.69, 9.17) is 0 Å². The lowest BCUT2D eigenvalue weighted by atomic mass is 9.76. The van der Waals surface area contributed by atoms with Gasteiger partial charge < -0.3 is 0 Å². The number of benzene rings is 4. The molecule has 0 unspecified atom stereocenters. The fraction of sp³-hybridized carbons (Fsp3) is 0.444. The first-order chi connectivity index (χ1) is 16.4. The predicted molar refractivity (Wildman–Crippen MR) is 159 cm³/mol. The Morgan fingerprint density at radius 3 is 1.03 bits per heavy atom. The minimum Gasteiger partial charge on any atom is -0.0613 e. The van der Waals surface area contributed by atoms with Crippen molar-refractivity contribution in [3.63, 3.8) is 0 Å². The Balaban J connectivity index is 2.25. The van der Waals surface area contributed by atoms with E-state index in [1.54, 1.807) is 0 Å². The van der Waals surface area contributed by atoms with Crippen molar-refractivity contribution in [1.82, 2.24) is 0 Å². The summed E-state index contributed by atoms with van der Waals surface area (Å²) in [6, 6.07) is 26.2. The molecule has 0 fully saturated rings. The number of hydrogen-bond acceptors (Lipinski definition) is 0. The highest BCUT2D eigenvalue weighted by Gasteiger charge is 2.26. The summed E-state index contributed by atoms with van der Waals surface area (Å²) in [5.41, 5.74) is 7.67. The Hall–Kier alpha value is -2.60. The first-order valence-electron chi connectivity index (χ1n) is 13.4. The van der Waals surface area contributed by atoms with Crippen LogP contribution in [0, 0.1) is 12.1 Å². The summed E-state index contributed by atoms with van der Waals surface area (Å²) in [4.78, 5) is 0. The third-order valence-electron chi connectivity index (χ3n) is 7.33. The van der Waals surface area contributed by atoms with E-state index in [-0.39, 0.29) is 21.7 Å². The standard InChI is InChI=1S/C36H44/c1-33(2,3)23-19-27(25-15-13-17-31(29(25)21-23)35(7,8)9)28-20-24(34(4,5)6)22-30-26(28)16-14-18-32(30)36(10,11)12/h13-18,21-22H,1-12H3. The first kappa shape index (κ1) is 26.5. The van der Waals surface area contributed by atoms with Crippen LogP contribution in [0.2, 0.25) is 0 Å². The van der Waals surface area contributed by atoms with Crippen molar-refractivity contribution in [2.24, 2.45) is 0 Å². The topological polar surface area (TPSA) is 0 Å². The third-order valence-corrected chi connectivity index (χ3v) is 7.33. The van der Waals surface area contributed by atoms with E-state index in [1.165, 1.54) is 54.9 Å². The summed E-state index contributed by atoms with van der Waals surface area (Å²) in [7, 11) is 0. The highest BCUT2D eigenvalue weighted by Crippen LogP contribution is 2.43. The molecule has 0 nitrogen and oxygen atoms in total. The van der Waals surface area contributed by atoms with E-state index in [0.29, 0.717) is 0 Å². The summed E-state index contributed by atoms with van der Waals surface area (Å²) in [5, 5.41) is 5.19. The molecule has 0 spiro atoms. The lowest BCUT2D eigenvalue weighted by molar-refractivity contribution is 0.586. The average molecular weight is 477 g/mol. The molecule has 0 saturated carbocycles. The Morgan fingerprint density at radius 2 is 0.750 bits per heavy atom. The molecule has 0 N–H and O–H groups in total. The van der Waals surface area contributed by atoms with Crippen molar-refractivity contribution in [2.45, 2.75) is 105 Å². The first-order valence-corrected chi connectivity index (χ1v) is 13.4. The van der Waals surface area contributed by atoms with E-state index >= 15 is 0 Å². The second kappa shape index (κ2) is 8.47. The molecule has 4 aromatic rings. The van der Waals surface area contributed by atoms with Gasteiger partial charge in [0, 0.05) is 0 Å². The quantitative estimate of drug-likeness (QED) is 0.256. The van der Waals surface area contributed by atoms with Crippen LogP contribution < -0.4 is 0 Å². The Morgan fingerprint density at radius 1 is 0.417 bits per heavy atom. The van der Waals surface area contributed by atoms with Crippen LogP contribution in [0.3, 0.4) is 0 Å². The number of hydrogen-bond donors (Lipinski definition) is 0. The maximum absolute atomic E-state index is 3.92. The van der Waals surface area contributed by atoms with E-state index in [1.807, 2.05) is 0 Å². The van der Waals surface area contributed by atoms with Crippen LogP contribution in [0.15, 0.2) is 48.5 Å². The van der Waals surface area contributed by atoms with Crippen LogP contribution >= 0.6 is 0 Å². The molecular formula is C36H44. The molecular weight excluding hydrogens is 432 g/mol. The monoisotopic (exact) mass is 476 g/mol. The van der Waals surface area contributed by atoms with Crippen molar-refractivity contribution >= 4 is 21.5 Å². The molecule has 4 rings (SSSR count). The maximum Gasteiger partial charge on any atom is -0.00108 e. The van der Waals surface area contributed by atoms with Crippen LogP contribution in [0.5, 0.6) is 0 Å². The van der Waals surface area contributed by atoms with E-state index < -0.39 is 0 Å². The molecule has 0 aromatic heterocycles. The van der Waals surface area contributed by atoms with Crippen molar-refractivity contribution in [1.29, 1.82) is 0 Å². The van der Waals surface area contributed by atoms with E-state index in [0.717, 1.165) is 0 Å². The van der Waals surface area contributed by atoms with Gasteiger partial charge in [-0.2, -0.15) is 0 Å². The lowest BCUT2D eigenvalue weighted by Crippen LogP contribution is -2.16. The van der Waals surface area contributed by atoms with Gasteiger partial charge in [-0.3, -0.25) is 0 Å². The van der Waals surface area contributed by atoms with Gasteiger partial charge in [-0.1, -0.05) is 119 Å². The zero-order valence-electron chi connectivity index (χ0n) is 24.6. The molecule has 0 aliphatic rings. The van der Waals surface area contributed by atoms with Gasteiger partial charge in [0.15, 0.2) is 0 Å². The van der Waals surface area contributed by atoms with Crippen molar-refractivity contribution in [3.05, 3.63) is 82.9 Å². The molecule has 0 heterocycles. The molecule has 0 heteroatoms.